The molecule has 0 bridgehead atoms. The summed E-state index contributed by atoms with van der Waals surface area (Å²) in [5, 5.41) is 0. The van der Waals surface area contributed by atoms with Gasteiger partial charge in [-0.3, -0.25) is 0 Å². The Bertz CT molecular complexity index is 695. The highest BCUT2D eigenvalue weighted by Gasteiger charge is 2.49. The lowest BCUT2D eigenvalue weighted by atomic mass is 9.91. The summed E-state index contributed by atoms with van der Waals surface area (Å²) in [5.41, 5.74) is 0.382. The molecule has 1 spiro atoms. The third kappa shape index (κ3) is 3.83. The Balaban J connectivity index is 1.48. The van der Waals surface area contributed by atoms with E-state index in [-0.39, 0.29) is 11.6 Å². The van der Waals surface area contributed by atoms with Crippen LogP contribution in [0.1, 0.15) is 40.0 Å². The minimum atomic E-state index is -0.490. The zero-order chi connectivity index (χ0) is 19.1. The van der Waals surface area contributed by atoms with Crippen molar-refractivity contribution < 1.29 is 19.0 Å². The number of ether oxygens (including phenoxy) is 3. The third-order valence-electron chi connectivity index (χ3n) is 5.41. The molecule has 1 aromatic heterocycles. The number of pyridine rings is 1. The lowest BCUT2D eigenvalue weighted by Crippen LogP contribution is -2.72. The molecular weight excluding hydrogens is 346 g/mol. The van der Waals surface area contributed by atoms with Crippen molar-refractivity contribution in [3.05, 3.63) is 18.3 Å². The molecule has 7 nitrogen and oxygen atoms in total. The Morgan fingerprint density at radius 1 is 1.30 bits per heavy atom. The molecule has 3 heterocycles. The van der Waals surface area contributed by atoms with E-state index >= 15 is 0 Å². The third-order valence-corrected chi connectivity index (χ3v) is 5.41. The summed E-state index contributed by atoms with van der Waals surface area (Å²) in [7, 11) is 0. The van der Waals surface area contributed by atoms with E-state index in [1.807, 2.05) is 32.9 Å². The van der Waals surface area contributed by atoms with E-state index in [1.54, 1.807) is 11.1 Å². The van der Waals surface area contributed by atoms with Crippen LogP contribution in [0.15, 0.2) is 18.3 Å². The van der Waals surface area contributed by atoms with Gasteiger partial charge in [0.25, 0.3) is 0 Å². The minimum Gasteiger partial charge on any atom is -0.474 e. The molecule has 27 heavy (non-hydrogen) atoms. The Morgan fingerprint density at radius 2 is 2.07 bits per heavy atom. The predicted molar refractivity (Wildman–Crippen MR) is 101 cm³/mol. The number of nitrogens with zero attached hydrogens (tertiary/aromatic N) is 3. The lowest BCUT2D eigenvalue weighted by Gasteiger charge is -2.55. The van der Waals surface area contributed by atoms with Crippen LogP contribution < -0.4 is 9.64 Å². The topological polar surface area (TPSA) is 64.1 Å². The molecule has 7 heteroatoms. The largest absolute Gasteiger partial charge is 0.474 e. The first-order chi connectivity index (χ1) is 12.8. The first-order valence-electron chi connectivity index (χ1n) is 9.81. The average molecular weight is 375 g/mol. The molecule has 148 valence electrons. The molecule has 0 N–H and O–H groups in total. The monoisotopic (exact) mass is 375 g/mol. The highest BCUT2D eigenvalue weighted by molar-refractivity contribution is 5.69. The molecule has 1 amide bonds. The molecule has 0 aromatic carbocycles. The summed E-state index contributed by atoms with van der Waals surface area (Å²) in [6.07, 6.45) is 5.31. The van der Waals surface area contributed by atoms with Gasteiger partial charge in [0.1, 0.15) is 17.2 Å². The maximum Gasteiger partial charge on any atom is 0.410 e. The van der Waals surface area contributed by atoms with Crippen LogP contribution in [0.5, 0.6) is 5.88 Å². The summed E-state index contributed by atoms with van der Waals surface area (Å²) in [6.45, 7) is 8.84. The minimum absolute atomic E-state index is 0.204. The fourth-order valence-electron chi connectivity index (χ4n) is 3.74. The Hall–Kier alpha value is -2.02. The van der Waals surface area contributed by atoms with Gasteiger partial charge >= 0.3 is 6.09 Å². The van der Waals surface area contributed by atoms with Crippen LogP contribution in [0.25, 0.3) is 0 Å². The van der Waals surface area contributed by atoms with Gasteiger partial charge in [0.2, 0.25) is 5.88 Å². The second kappa shape index (κ2) is 6.86. The highest BCUT2D eigenvalue weighted by atomic mass is 16.6. The molecule has 2 aliphatic heterocycles. The van der Waals surface area contributed by atoms with Gasteiger partial charge in [0, 0.05) is 31.0 Å². The summed E-state index contributed by atoms with van der Waals surface area (Å²) in [6, 6.07) is 4.03. The van der Waals surface area contributed by atoms with E-state index in [1.165, 1.54) is 6.42 Å². The number of aromatic nitrogens is 1. The number of carbonyl (C=O) groups is 1. The van der Waals surface area contributed by atoms with Gasteiger partial charge in [-0.05, 0) is 46.1 Å². The number of hydrogen-bond acceptors (Lipinski definition) is 6. The number of carbonyl (C=O) groups excluding carboxylic acids is 1. The van der Waals surface area contributed by atoms with Crippen molar-refractivity contribution in [3.8, 4) is 5.88 Å². The van der Waals surface area contributed by atoms with Crippen LogP contribution in [0.3, 0.4) is 0 Å². The zero-order valence-electron chi connectivity index (χ0n) is 16.4. The summed E-state index contributed by atoms with van der Waals surface area (Å²) < 4.78 is 17.1. The SMILES string of the molecule is CC(C)(C)OC(=O)N1CCN(c2ccnc(OC3CCC3)c2)C2(COC2)C1. The van der Waals surface area contributed by atoms with Gasteiger partial charge < -0.3 is 24.0 Å². The summed E-state index contributed by atoms with van der Waals surface area (Å²) >= 11 is 0. The Labute approximate surface area is 160 Å². The van der Waals surface area contributed by atoms with E-state index in [0.29, 0.717) is 38.3 Å². The van der Waals surface area contributed by atoms with Crippen LogP contribution in [0.4, 0.5) is 10.5 Å². The van der Waals surface area contributed by atoms with Crippen LogP contribution in [-0.4, -0.2) is 66.1 Å². The maximum atomic E-state index is 12.5. The van der Waals surface area contributed by atoms with Gasteiger partial charge in [-0.25, -0.2) is 9.78 Å². The Morgan fingerprint density at radius 3 is 2.67 bits per heavy atom. The molecule has 0 radical (unpaired) electrons. The van der Waals surface area contributed by atoms with Crippen molar-refractivity contribution in [3.63, 3.8) is 0 Å². The number of hydrogen-bond donors (Lipinski definition) is 0. The Kier molecular flexibility index (Phi) is 4.66. The van der Waals surface area contributed by atoms with Crippen molar-refractivity contribution >= 4 is 11.8 Å². The molecule has 2 saturated heterocycles. The number of anilines is 1. The highest BCUT2D eigenvalue weighted by Crippen LogP contribution is 2.36. The van der Waals surface area contributed by atoms with Gasteiger partial charge in [0.15, 0.2) is 0 Å². The molecule has 4 rings (SSSR count). The van der Waals surface area contributed by atoms with Crippen LogP contribution in [-0.2, 0) is 9.47 Å². The maximum absolute atomic E-state index is 12.5. The molecular formula is C20H29N3O4. The number of rotatable bonds is 3. The first-order valence-corrected chi connectivity index (χ1v) is 9.81. The first kappa shape index (κ1) is 18.3. The van der Waals surface area contributed by atoms with Crippen molar-refractivity contribution in [1.29, 1.82) is 0 Å². The van der Waals surface area contributed by atoms with E-state index in [4.69, 9.17) is 14.2 Å². The predicted octanol–water partition coefficient (Wildman–Crippen LogP) is 2.84. The second-order valence-electron chi connectivity index (χ2n) is 8.79. The summed E-state index contributed by atoms with van der Waals surface area (Å²) in [5.74, 6) is 0.683. The lowest BCUT2D eigenvalue weighted by molar-refractivity contribution is -0.0832. The molecule has 3 aliphatic rings. The quantitative estimate of drug-likeness (QED) is 0.809. The van der Waals surface area contributed by atoms with E-state index < -0.39 is 5.60 Å². The number of piperazine rings is 1. The zero-order valence-corrected chi connectivity index (χ0v) is 16.4. The van der Waals surface area contributed by atoms with Crippen LogP contribution in [0, 0.1) is 0 Å². The second-order valence-corrected chi connectivity index (χ2v) is 8.79. The van der Waals surface area contributed by atoms with Crippen LogP contribution >= 0.6 is 0 Å². The van der Waals surface area contributed by atoms with E-state index in [2.05, 4.69) is 9.88 Å². The van der Waals surface area contributed by atoms with Crippen molar-refractivity contribution in [2.75, 3.05) is 37.7 Å². The van der Waals surface area contributed by atoms with Gasteiger partial charge in [-0.1, -0.05) is 0 Å². The molecule has 1 aliphatic carbocycles. The van der Waals surface area contributed by atoms with Crippen molar-refractivity contribution in [2.24, 2.45) is 0 Å². The standard InChI is InChI=1S/C20H29N3O4/c1-19(2,3)27-18(24)22-9-10-23(20(12-22)13-25-14-20)15-7-8-21-17(11-15)26-16-5-4-6-16/h7-8,11,16H,4-6,9-10,12-14H2,1-3H3. The van der Waals surface area contributed by atoms with Gasteiger partial charge in [-0.15, -0.1) is 0 Å². The average Bonchev–Trinajstić information content (AvgIpc) is 2.55. The molecule has 0 unspecified atom stereocenters. The normalized spacial score (nSPS) is 22.2. The molecule has 0 atom stereocenters. The molecule has 1 saturated carbocycles. The fourth-order valence-corrected chi connectivity index (χ4v) is 3.74. The number of amides is 1. The van der Waals surface area contributed by atoms with E-state index in [0.717, 1.165) is 25.1 Å². The molecule has 1 aromatic rings. The van der Waals surface area contributed by atoms with E-state index in [9.17, 15) is 4.79 Å². The smallest absolute Gasteiger partial charge is 0.410 e. The van der Waals surface area contributed by atoms with Gasteiger partial charge in [0.05, 0.1) is 19.8 Å². The van der Waals surface area contributed by atoms with Crippen molar-refractivity contribution in [1.82, 2.24) is 9.88 Å². The van der Waals surface area contributed by atoms with Gasteiger partial charge in [-0.2, -0.15) is 0 Å². The van der Waals surface area contributed by atoms with Crippen LogP contribution in [0.2, 0.25) is 0 Å². The fraction of sp³-hybridized carbons (Fsp3) is 0.700. The van der Waals surface area contributed by atoms with Crippen molar-refractivity contribution in [2.45, 2.75) is 57.3 Å². The molecule has 3 fully saturated rings. The summed E-state index contributed by atoms with van der Waals surface area (Å²) in [4.78, 5) is 21.0.